The van der Waals surface area contributed by atoms with Gasteiger partial charge in [0.2, 0.25) is 5.91 Å². The minimum Gasteiger partial charge on any atom is -0.406 e. The molecule has 1 N–H and O–H groups in total. The first kappa shape index (κ1) is 17.3. The lowest BCUT2D eigenvalue weighted by molar-refractivity contribution is -0.274. The number of halogens is 3. The van der Waals surface area contributed by atoms with E-state index in [0.717, 1.165) is 19.3 Å². The van der Waals surface area contributed by atoms with E-state index in [1.807, 2.05) is 0 Å². The molecule has 4 saturated carbocycles. The van der Waals surface area contributed by atoms with Crippen molar-refractivity contribution in [2.45, 2.75) is 44.9 Å². The monoisotopic (exact) mass is 396 g/mol. The number of nitrogens with zero attached hydrogens (tertiary/aromatic N) is 1. The summed E-state index contributed by atoms with van der Waals surface area (Å²) in [7, 11) is 0. The first-order chi connectivity index (χ1) is 12.8. The van der Waals surface area contributed by atoms with Crippen molar-refractivity contribution in [3.63, 3.8) is 0 Å². The molecule has 0 unspecified atom stereocenters. The second-order valence-electron chi connectivity index (χ2n) is 8.35. The van der Waals surface area contributed by atoms with Crippen LogP contribution in [0.3, 0.4) is 0 Å². The van der Waals surface area contributed by atoms with Gasteiger partial charge in [-0.3, -0.25) is 4.79 Å². The summed E-state index contributed by atoms with van der Waals surface area (Å²) in [5.74, 6) is 1.75. The molecule has 0 radical (unpaired) electrons. The van der Waals surface area contributed by atoms with Crippen molar-refractivity contribution < 1.29 is 22.7 Å². The number of benzene rings is 1. The van der Waals surface area contributed by atoms with E-state index in [4.69, 9.17) is 0 Å². The molecule has 6 rings (SSSR count). The van der Waals surface area contributed by atoms with Gasteiger partial charge >= 0.3 is 6.36 Å². The summed E-state index contributed by atoms with van der Waals surface area (Å²) in [4.78, 5) is 17.4. The van der Waals surface area contributed by atoms with Gasteiger partial charge in [-0.05, 0) is 68.4 Å². The average Bonchev–Trinajstić information content (AvgIpc) is 2.93. The molecule has 4 fully saturated rings. The molecule has 0 aliphatic heterocycles. The zero-order valence-corrected chi connectivity index (χ0v) is 15.3. The second-order valence-corrected chi connectivity index (χ2v) is 9.38. The maximum absolute atomic E-state index is 13.1. The third-order valence-corrected chi connectivity index (χ3v) is 7.27. The molecule has 1 aromatic carbocycles. The molecular formula is C19H19F3N2O2S. The van der Waals surface area contributed by atoms with Crippen molar-refractivity contribution in [3.05, 3.63) is 18.2 Å². The SMILES string of the molecule is O=C(Nc1nc2ccc(OC(F)(F)F)cc2s1)C12CC3CC(CC(C3)C1)C2. The number of nitrogens with one attached hydrogen (secondary N) is 1. The van der Waals surface area contributed by atoms with Gasteiger partial charge in [0.25, 0.3) is 0 Å². The van der Waals surface area contributed by atoms with E-state index in [1.54, 1.807) is 0 Å². The Labute approximate surface area is 158 Å². The molecule has 8 heteroatoms. The molecule has 0 spiro atoms. The van der Waals surface area contributed by atoms with Gasteiger partial charge < -0.3 is 10.1 Å². The number of rotatable bonds is 3. The van der Waals surface area contributed by atoms with Crippen molar-refractivity contribution in [1.82, 2.24) is 4.98 Å². The van der Waals surface area contributed by atoms with E-state index in [2.05, 4.69) is 15.0 Å². The van der Waals surface area contributed by atoms with Gasteiger partial charge in [-0.25, -0.2) is 4.98 Å². The smallest absolute Gasteiger partial charge is 0.406 e. The first-order valence-corrected chi connectivity index (χ1v) is 10.1. The van der Waals surface area contributed by atoms with Crippen molar-refractivity contribution in [3.8, 4) is 5.75 Å². The van der Waals surface area contributed by atoms with Crippen molar-refractivity contribution in [2.24, 2.45) is 23.2 Å². The number of carbonyl (C=O) groups is 1. The lowest BCUT2D eigenvalue weighted by atomic mass is 9.49. The fraction of sp³-hybridized carbons (Fsp3) is 0.579. The van der Waals surface area contributed by atoms with Crippen LogP contribution in [0.5, 0.6) is 5.75 Å². The highest BCUT2D eigenvalue weighted by molar-refractivity contribution is 7.22. The van der Waals surface area contributed by atoms with E-state index < -0.39 is 6.36 Å². The Balaban J connectivity index is 1.36. The summed E-state index contributed by atoms with van der Waals surface area (Å²) in [6.07, 6.45) is 1.92. The molecule has 27 heavy (non-hydrogen) atoms. The lowest BCUT2D eigenvalue weighted by Crippen LogP contribution is -2.51. The van der Waals surface area contributed by atoms with E-state index in [-0.39, 0.29) is 17.1 Å². The Morgan fingerprint density at radius 2 is 1.78 bits per heavy atom. The highest BCUT2D eigenvalue weighted by Crippen LogP contribution is 2.60. The van der Waals surface area contributed by atoms with Crippen LogP contribution in [0.25, 0.3) is 10.2 Å². The van der Waals surface area contributed by atoms with Crippen LogP contribution in [0.1, 0.15) is 38.5 Å². The second kappa shape index (κ2) is 5.83. The number of carbonyl (C=O) groups excluding carboxylic acids is 1. The maximum atomic E-state index is 13.1. The standard InChI is InChI=1S/C19H19F3N2O2S/c20-19(21,22)26-13-1-2-14-15(6-13)27-17(23-14)24-16(25)18-7-10-3-11(8-18)5-12(4-10)9-18/h1-2,6,10-12H,3-5,7-9H2,(H,23,24,25). The Bertz CT molecular complexity index is 873. The van der Waals surface area contributed by atoms with Crippen LogP contribution in [0.15, 0.2) is 18.2 Å². The zero-order valence-electron chi connectivity index (χ0n) is 14.5. The van der Waals surface area contributed by atoms with Crippen LogP contribution in [0.2, 0.25) is 0 Å². The van der Waals surface area contributed by atoms with Gasteiger partial charge in [0.05, 0.1) is 15.6 Å². The predicted molar refractivity (Wildman–Crippen MR) is 95.5 cm³/mol. The minimum atomic E-state index is -4.73. The Morgan fingerprint density at radius 1 is 1.15 bits per heavy atom. The summed E-state index contributed by atoms with van der Waals surface area (Å²) < 4.78 is 41.7. The van der Waals surface area contributed by atoms with Crippen molar-refractivity contribution in [2.75, 3.05) is 5.32 Å². The Kier molecular flexibility index (Phi) is 3.73. The molecule has 1 aromatic heterocycles. The van der Waals surface area contributed by atoms with Crippen LogP contribution in [0, 0.1) is 23.2 Å². The third kappa shape index (κ3) is 3.17. The number of amides is 1. The molecule has 144 valence electrons. The predicted octanol–water partition coefficient (Wildman–Crippen LogP) is 5.35. The quantitative estimate of drug-likeness (QED) is 0.761. The highest BCUT2D eigenvalue weighted by atomic mass is 32.1. The van der Waals surface area contributed by atoms with Crippen LogP contribution in [-0.2, 0) is 4.79 Å². The minimum absolute atomic E-state index is 0.0346. The number of alkyl halides is 3. The van der Waals surface area contributed by atoms with E-state index in [0.29, 0.717) is 33.1 Å². The van der Waals surface area contributed by atoms with Crippen LogP contribution >= 0.6 is 11.3 Å². The molecule has 1 heterocycles. The number of ether oxygens (including phenoxy) is 1. The maximum Gasteiger partial charge on any atom is 0.573 e. The molecule has 0 atom stereocenters. The van der Waals surface area contributed by atoms with Crippen LogP contribution in [-0.4, -0.2) is 17.3 Å². The molecular weight excluding hydrogens is 377 g/mol. The molecule has 1 amide bonds. The molecule has 4 aliphatic rings. The Hall–Kier alpha value is -1.83. The Morgan fingerprint density at radius 3 is 2.37 bits per heavy atom. The molecule has 4 bridgehead atoms. The topological polar surface area (TPSA) is 51.2 Å². The number of hydrogen-bond acceptors (Lipinski definition) is 4. The van der Waals surface area contributed by atoms with E-state index >= 15 is 0 Å². The van der Waals surface area contributed by atoms with Gasteiger partial charge in [0, 0.05) is 6.07 Å². The lowest BCUT2D eigenvalue weighted by Gasteiger charge is -2.55. The van der Waals surface area contributed by atoms with Gasteiger partial charge in [0.1, 0.15) is 5.75 Å². The molecule has 4 aliphatic carbocycles. The average molecular weight is 396 g/mol. The number of fused-ring (bicyclic) bond motifs is 1. The van der Waals surface area contributed by atoms with E-state index in [1.165, 1.54) is 48.8 Å². The van der Waals surface area contributed by atoms with Gasteiger partial charge in [-0.15, -0.1) is 13.2 Å². The summed E-state index contributed by atoms with van der Waals surface area (Å²) in [6.45, 7) is 0. The van der Waals surface area contributed by atoms with E-state index in [9.17, 15) is 18.0 Å². The number of thiazole rings is 1. The van der Waals surface area contributed by atoms with Gasteiger partial charge in [0.15, 0.2) is 5.13 Å². The summed E-state index contributed by atoms with van der Waals surface area (Å²) in [6, 6.07) is 4.02. The third-order valence-electron chi connectivity index (χ3n) is 6.33. The molecule has 4 nitrogen and oxygen atoms in total. The summed E-state index contributed by atoms with van der Waals surface area (Å²) in [5, 5.41) is 3.40. The fourth-order valence-corrected chi connectivity index (χ4v) is 6.66. The van der Waals surface area contributed by atoms with Gasteiger partial charge in [-0.1, -0.05) is 11.3 Å². The molecule has 2 aromatic rings. The summed E-state index contributed by atoms with van der Waals surface area (Å²) in [5.41, 5.74) is 0.271. The highest BCUT2D eigenvalue weighted by Gasteiger charge is 2.54. The van der Waals surface area contributed by atoms with Crippen molar-refractivity contribution in [1.29, 1.82) is 0 Å². The first-order valence-electron chi connectivity index (χ1n) is 9.26. The van der Waals surface area contributed by atoms with Crippen LogP contribution < -0.4 is 10.1 Å². The number of hydrogen-bond donors (Lipinski definition) is 1. The zero-order chi connectivity index (χ0) is 18.8. The van der Waals surface area contributed by atoms with Crippen molar-refractivity contribution >= 4 is 32.6 Å². The molecule has 0 saturated heterocycles. The largest absolute Gasteiger partial charge is 0.573 e. The van der Waals surface area contributed by atoms with Crippen LogP contribution in [0.4, 0.5) is 18.3 Å². The van der Waals surface area contributed by atoms with Gasteiger partial charge in [-0.2, -0.15) is 0 Å². The number of anilines is 1. The summed E-state index contributed by atoms with van der Waals surface area (Å²) >= 11 is 1.18. The normalized spacial score (nSPS) is 32.0. The fourth-order valence-electron chi connectivity index (χ4n) is 5.77. The number of aromatic nitrogens is 1.